The summed E-state index contributed by atoms with van der Waals surface area (Å²) < 4.78 is 5.54. The van der Waals surface area contributed by atoms with E-state index in [-0.39, 0.29) is 5.78 Å². The lowest BCUT2D eigenvalue weighted by atomic mass is 10.1. The Bertz CT molecular complexity index is 700. The smallest absolute Gasteiger partial charge is 0.189 e. The maximum Gasteiger partial charge on any atom is 0.189 e. The van der Waals surface area contributed by atoms with Crippen molar-refractivity contribution in [3.05, 3.63) is 82.9 Å². The van der Waals surface area contributed by atoms with Gasteiger partial charge in [0.05, 0.1) is 5.56 Å². The first-order chi connectivity index (χ1) is 10.6. The van der Waals surface area contributed by atoms with Crippen LogP contribution < -0.4 is 4.74 Å². The Morgan fingerprint density at radius 2 is 1.95 bits per heavy atom. The summed E-state index contributed by atoms with van der Waals surface area (Å²) in [6.07, 6.45) is 4.95. The van der Waals surface area contributed by atoms with Gasteiger partial charge < -0.3 is 4.74 Å². The summed E-state index contributed by atoms with van der Waals surface area (Å²) in [5.74, 6) is 0.467. The molecule has 0 radical (unpaired) electrons. The quantitative estimate of drug-likeness (QED) is 0.421. The van der Waals surface area contributed by atoms with Crippen molar-refractivity contribution in [3.8, 4) is 5.75 Å². The van der Waals surface area contributed by atoms with Crippen molar-refractivity contribution in [2.24, 2.45) is 0 Å². The Hall–Kier alpha value is -2.32. The minimum absolute atomic E-state index is 0.0993. The number of hydrogen-bond acceptors (Lipinski definition) is 2. The number of carbonyl (C=O) groups is 1. The van der Waals surface area contributed by atoms with Crippen LogP contribution in [0.2, 0.25) is 5.02 Å². The lowest BCUT2D eigenvalue weighted by Gasteiger charge is -2.08. The van der Waals surface area contributed by atoms with Gasteiger partial charge in [-0.1, -0.05) is 54.1 Å². The molecule has 0 saturated carbocycles. The lowest BCUT2D eigenvalue weighted by molar-refractivity contribution is 0.104. The molecule has 0 heterocycles. The number of ketones is 1. The van der Waals surface area contributed by atoms with Gasteiger partial charge in [-0.3, -0.25) is 4.79 Å². The van der Waals surface area contributed by atoms with Crippen molar-refractivity contribution in [2.75, 3.05) is 6.61 Å². The summed E-state index contributed by atoms with van der Waals surface area (Å²) >= 11 is 5.84. The fourth-order valence-corrected chi connectivity index (χ4v) is 2.07. The largest absolute Gasteiger partial charge is 0.489 e. The first-order valence-electron chi connectivity index (χ1n) is 6.92. The fraction of sp³-hybridized carbons (Fsp3) is 0.105. The first kappa shape index (κ1) is 16.1. The van der Waals surface area contributed by atoms with Gasteiger partial charge in [-0.05, 0) is 42.8 Å². The molecule has 0 saturated heterocycles. The molecule has 112 valence electrons. The third kappa shape index (κ3) is 4.34. The minimum Gasteiger partial charge on any atom is -0.489 e. The third-order valence-corrected chi connectivity index (χ3v) is 3.31. The van der Waals surface area contributed by atoms with Crippen molar-refractivity contribution < 1.29 is 9.53 Å². The van der Waals surface area contributed by atoms with E-state index in [1.54, 1.807) is 30.4 Å². The van der Waals surface area contributed by atoms with Gasteiger partial charge in [-0.15, -0.1) is 0 Å². The third-order valence-electron chi connectivity index (χ3n) is 3.05. The molecule has 2 rings (SSSR count). The number of ether oxygens (including phenoxy) is 1. The van der Waals surface area contributed by atoms with Crippen LogP contribution in [0.4, 0.5) is 0 Å². The van der Waals surface area contributed by atoms with Crippen molar-refractivity contribution >= 4 is 23.5 Å². The average Bonchev–Trinajstić information content (AvgIpc) is 2.53. The van der Waals surface area contributed by atoms with Crippen LogP contribution >= 0.6 is 11.6 Å². The van der Waals surface area contributed by atoms with Crippen LogP contribution in [0.25, 0.3) is 6.08 Å². The molecule has 0 aromatic heterocycles. The maximum absolute atomic E-state index is 12.4. The van der Waals surface area contributed by atoms with E-state index < -0.39 is 0 Å². The molecular formula is C19H17ClO2. The highest BCUT2D eigenvalue weighted by Crippen LogP contribution is 2.21. The summed E-state index contributed by atoms with van der Waals surface area (Å²) in [6, 6.07) is 12.8. The van der Waals surface area contributed by atoms with Crippen LogP contribution in [0, 0.1) is 6.92 Å². The molecule has 2 aromatic rings. The number of allylic oxidation sites excluding steroid dienone is 1. The van der Waals surface area contributed by atoms with Crippen LogP contribution in [0.5, 0.6) is 5.75 Å². The maximum atomic E-state index is 12.4. The zero-order valence-corrected chi connectivity index (χ0v) is 13.1. The number of carbonyl (C=O) groups excluding carboxylic acids is 1. The SMILES string of the molecule is C=CCOc1ccc(C)cc1C(=O)/C=C/c1ccc(Cl)cc1. The predicted molar refractivity (Wildman–Crippen MR) is 91.7 cm³/mol. The number of hydrogen-bond donors (Lipinski definition) is 0. The van der Waals surface area contributed by atoms with Crippen molar-refractivity contribution in [3.63, 3.8) is 0 Å². The number of halogens is 1. The highest BCUT2D eigenvalue weighted by molar-refractivity contribution is 6.30. The lowest BCUT2D eigenvalue weighted by Crippen LogP contribution is -2.02. The van der Waals surface area contributed by atoms with Gasteiger partial charge in [0, 0.05) is 5.02 Å². The van der Waals surface area contributed by atoms with Gasteiger partial charge in [-0.25, -0.2) is 0 Å². The van der Waals surface area contributed by atoms with Gasteiger partial charge in [0.25, 0.3) is 0 Å². The van der Waals surface area contributed by atoms with Crippen LogP contribution in [-0.2, 0) is 0 Å². The molecule has 0 fully saturated rings. The molecule has 0 aliphatic heterocycles. The van der Waals surface area contributed by atoms with Gasteiger partial charge in [0.2, 0.25) is 0 Å². The zero-order valence-electron chi connectivity index (χ0n) is 12.4. The molecule has 0 aliphatic rings. The van der Waals surface area contributed by atoms with Crippen LogP contribution in [-0.4, -0.2) is 12.4 Å². The van der Waals surface area contributed by atoms with Gasteiger partial charge >= 0.3 is 0 Å². The molecule has 2 nitrogen and oxygen atoms in total. The number of aryl methyl sites for hydroxylation is 1. The Morgan fingerprint density at radius 3 is 2.64 bits per heavy atom. The Balaban J connectivity index is 2.22. The van der Waals surface area contributed by atoms with Gasteiger partial charge in [0.15, 0.2) is 5.78 Å². The van der Waals surface area contributed by atoms with E-state index in [0.717, 1.165) is 11.1 Å². The summed E-state index contributed by atoms with van der Waals surface area (Å²) in [5, 5.41) is 0.669. The van der Waals surface area contributed by atoms with E-state index in [2.05, 4.69) is 6.58 Å². The second-order valence-corrected chi connectivity index (χ2v) is 5.28. The van der Waals surface area contributed by atoms with E-state index in [0.29, 0.717) is 22.9 Å². The molecular weight excluding hydrogens is 296 g/mol. The topological polar surface area (TPSA) is 26.3 Å². The van der Waals surface area contributed by atoms with E-state index in [1.807, 2.05) is 37.3 Å². The van der Waals surface area contributed by atoms with Crippen molar-refractivity contribution in [1.29, 1.82) is 0 Å². The Kier molecular flexibility index (Phi) is 5.56. The molecule has 0 bridgehead atoms. The predicted octanol–water partition coefficient (Wildman–Crippen LogP) is 5.11. The summed E-state index contributed by atoms with van der Waals surface area (Å²) in [7, 11) is 0. The molecule has 0 aliphatic carbocycles. The fourth-order valence-electron chi connectivity index (χ4n) is 1.95. The Morgan fingerprint density at radius 1 is 1.23 bits per heavy atom. The van der Waals surface area contributed by atoms with E-state index in [1.165, 1.54) is 0 Å². The van der Waals surface area contributed by atoms with E-state index in [9.17, 15) is 4.79 Å². The van der Waals surface area contributed by atoms with E-state index in [4.69, 9.17) is 16.3 Å². The van der Waals surface area contributed by atoms with Gasteiger partial charge in [0.1, 0.15) is 12.4 Å². The number of rotatable bonds is 6. The Labute approximate surface area is 135 Å². The monoisotopic (exact) mass is 312 g/mol. The van der Waals surface area contributed by atoms with Crippen LogP contribution in [0.1, 0.15) is 21.5 Å². The molecule has 22 heavy (non-hydrogen) atoms. The average molecular weight is 313 g/mol. The first-order valence-corrected chi connectivity index (χ1v) is 7.30. The summed E-state index contributed by atoms with van der Waals surface area (Å²) in [5.41, 5.74) is 2.47. The second kappa shape index (κ2) is 7.62. The molecule has 0 spiro atoms. The molecule has 0 unspecified atom stereocenters. The molecule has 2 aromatic carbocycles. The zero-order chi connectivity index (χ0) is 15.9. The van der Waals surface area contributed by atoms with E-state index >= 15 is 0 Å². The number of benzene rings is 2. The standard InChI is InChI=1S/C19H17ClO2/c1-3-12-22-19-11-4-14(2)13-17(19)18(21)10-7-15-5-8-16(20)9-6-15/h3-11,13H,1,12H2,2H3/b10-7+. The molecule has 0 N–H and O–H groups in total. The molecule has 3 heteroatoms. The van der Waals surface area contributed by atoms with Gasteiger partial charge in [-0.2, -0.15) is 0 Å². The van der Waals surface area contributed by atoms with Crippen LogP contribution in [0.15, 0.2) is 61.2 Å². The van der Waals surface area contributed by atoms with Crippen molar-refractivity contribution in [2.45, 2.75) is 6.92 Å². The minimum atomic E-state index is -0.0993. The van der Waals surface area contributed by atoms with Crippen molar-refractivity contribution in [1.82, 2.24) is 0 Å². The second-order valence-electron chi connectivity index (χ2n) is 4.85. The molecule has 0 amide bonds. The molecule has 0 atom stereocenters. The highest BCUT2D eigenvalue weighted by atomic mass is 35.5. The highest BCUT2D eigenvalue weighted by Gasteiger charge is 2.10. The van der Waals surface area contributed by atoms with Crippen LogP contribution in [0.3, 0.4) is 0 Å². The summed E-state index contributed by atoms with van der Waals surface area (Å²) in [4.78, 5) is 12.4. The normalized spacial score (nSPS) is 10.6. The summed E-state index contributed by atoms with van der Waals surface area (Å²) in [6.45, 7) is 5.92.